The first kappa shape index (κ1) is 30.5. The van der Waals surface area contributed by atoms with Gasteiger partial charge in [0.1, 0.15) is 18.4 Å². The van der Waals surface area contributed by atoms with E-state index in [4.69, 9.17) is 15.2 Å². The molecule has 8 nitrogen and oxygen atoms in total. The number of benzene rings is 3. The third-order valence-corrected chi connectivity index (χ3v) is 6.58. The van der Waals surface area contributed by atoms with Crippen LogP contribution in [0.15, 0.2) is 97.6 Å². The lowest BCUT2D eigenvalue weighted by Crippen LogP contribution is -2.46. The average molecular weight is 545 g/mol. The summed E-state index contributed by atoms with van der Waals surface area (Å²) in [6, 6.07) is 28.4. The smallest absolute Gasteiger partial charge is 0.137 e. The molecule has 4 aromatic rings. The van der Waals surface area contributed by atoms with Gasteiger partial charge in [-0.2, -0.15) is 5.10 Å². The zero-order valence-corrected chi connectivity index (χ0v) is 24.3. The zero-order chi connectivity index (χ0) is 28.6. The second kappa shape index (κ2) is 16.8. The van der Waals surface area contributed by atoms with Gasteiger partial charge in [0.15, 0.2) is 0 Å². The fraction of sp³-hybridized carbons (Fsp3) is 0.375. The van der Waals surface area contributed by atoms with Gasteiger partial charge in [-0.05, 0) is 67.8 Å². The number of nitrogen functional groups attached to an aromatic ring is 1. The minimum absolute atomic E-state index is 0.523. The SMILES string of the molecule is CC1COC(C)C1.COc1ccc(N2CCN(c3ccc(N)cc3)CC2)cc1.Cn1cncn1.c1ccccc1. The maximum Gasteiger partial charge on any atom is 0.137 e. The summed E-state index contributed by atoms with van der Waals surface area (Å²) in [6.45, 7) is 9.42. The Balaban J connectivity index is 0.000000186. The molecule has 0 amide bonds. The van der Waals surface area contributed by atoms with Crippen LogP contribution in [0.2, 0.25) is 0 Å². The highest BCUT2D eigenvalue weighted by molar-refractivity contribution is 5.55. The van der Waals surface area contributed by atoms with Gasteiger partial charge in [0, 0.05) is 56.9 Å². The fourth-order valence-corrected chi connectivity index (χ4v) is 4.38. The molecule has 8 heteroatoms. The Morgan fingerprint density at radius 3 is 1.60 bits per heavy atom. The van der Waals surface area contributed by atoms with E-state index in [0.29, 0.717) is 6.10 Å². The van der Waals surface area contributed by atoms with Crippen LogP contribution < -0.4 is 20.3 Å². The summed E-state index contributed by atoms with van der Waals surface area (Å²) in [7, 11) is 3.52. The van der Waals surface area contributed by atoms with Crippen molar-refractivity contribution in [1.29, 1.82) is 0 Å². The van der Waals surface area contributed by atoms with Crippen LogP contribution in [-0.4, -0.2) is 60.8 Å². The molecule has 2 unspecified atom stereocenters. The van der Waals surface area contributed by atoms with Gasteiger partial charge in [0.05, 0.1) is 13.2 Å². The molecule has 0 bridgehead atoms. The summed E-state index contributed by atoms with van der Waals surface area (Å²) in [5, 5.41) is 3.72. The summed E-state index contributed by atoms with van der Waals surface area (Å²) in [6.07, 6.45) is 4.91. The van der Waals surface area contributed by atoms with Gasteiger partial charge in [-0.1, -0.05) is 43.3 Å². The van der Waals surface area contributed by atoms with Crippen molar-refractivity contribution in [3.05, 3.63) is 97.6 Å². The molecule has 40 heavy (non-hydrogen) atoms. The lowest BCUT2D eigenvalue weighted by Gasteiger charge is -2.37. The number of anilines is 3. The molecule has 2 saturated heterocycles. The number of nitrogens with zero attached hydrogens (tertiary/aromatic N) is 5. The first-order chi connectivity index (χ1) is 19.4. The van der Waals surface area contributed by atoms with E-state index in [-0.39, 0.29) is 0 Å². The Morgan fingerprint density at radius 1 is 0.800 bits per heavy atom. The van der Waals surface area contributed by atoms with Gasteiger partial charge >= 0.3 is 0 Å². The second-order valence-corrected chi connectivity index (χ2v) is 9.97. The summed E-state index contributed by atoms with van der Waals surface area (Å²) in [5.41, 5.74) is 9.06. The summed E-state index contributed by atoms with van der Waals surface area (Å²) < 4.78 is 12.1. The quantitative estimate of drug-likeness (QED) is 0.339. The minimum Gasteiger partial charge on any atom is -0.497 e. The summed E-state index contributed by atoms with van der Waals surface area (Å²) in [4.78, 5) is 8.49. The highest BCUT2D eigenvalue weighted by atomic mass is 16.5. The van der Waals surface area contributed by atoms with Crippen LogP contribution in [0.1, 0.15) is 20.3 Å². The van der Waals surface area contributed by atoms with Crippen LogP contribution in [0.25, 0.3) is 0 Å². The Morgan fingerprint density at radius 2 is 1.30 bits per heavy atom. The standard InChI is InChI=1S/C17H21N3O.C6H12O.C6H6.C3H5N3/c1-21-17-8-6-16(7-9-17)20-12-10-19(11-13-20)15-4-2-14(18)3-5-15;1-5-3-6(2)7-4-5;1-2-4-6-5-3-1;1-6-3-4-2-5-6/h2-9H,10-13,18H2,1H3;5-6H,3-4H2,1-2H3;1-6H;2-3H,1H3. The van der Waals surface area contributed by atoms with Crippen molar-refractivity contribution in [1.82, 2.24) is 14.8 Å². The molecule has 214 valence electrons. The molecule has 2 atom stereocenters. The van der Waals surface area contributed by atoms with Gasteiger partial charge in [-0.25, -0.2) is 4.98 Å². The largest absolute Gasteiger partial charge is 0.497 e. The van der Waals surface area contributed by atoms with Crippen LogP contribution in [0, 0.1) is 5.92 Å². The number of ether oxygens (including phenoxy) is 2. The topological polar surface area (TPSA) is 81.7 Å². The fourth-order valence-electron chi connectivity index (χ4n) is 4.38. The maximum absolute atomic E-state index is 5.74. The van der Waals surface area contributed by atoms with E-state index in [1.54, 1.807) is 18.1 Å². The van der Waals surface area contributed by atoms with E-state index in [1.165, 1.54) is 24.1 Å². The monoisotopic (exact) mass is 544 g/mol. The molecular formula is C32H44N6O2. The minimum atomic E-state index is 0.523. The molecule has 0 aliphatic carbocycles. The first-order valence-corrected chi connectivity index (χ1v) is 13.8. The molecule has 6 rings (SSSR count). The number of rotatable bonds is 3. The summed E-state index contributed by atoms with van der Waals surface area (Å²) >= 11 is 0. The van der Waals surface area contributed by atoms with Gasteiger partial charge < -0.3 is 25.0 Å². The molecule has 3 heterocycles. The highest BCUT2D eigenvalue weighted by Crippen LogP contribution is 2.23. The van der Waals surface area contributed by atoms with Crippen LogP contribution in [0.5, 0.6) is 5.75 Å². The molecule has 2 N–H and O–H groups in total. The van der Waals surface area contributed by atoms with Crippen LogP contribution in [0.4, 0.5) is 17.1 Å². The predicted octanol–water partition coefficient (Wildman–Crippen LogP) is 5.54. The lowest BCUT2D eigenvalue weighted by atomic mass is 10.1. The first-order valence-electron chi connectivity index (χ1n) is 13.8. The number of aryl methyl sites for hydroxylation is 1. The molecule has 2 aliphatic heterocycles. The Kier molecular flexibility index (Phi) is 12.8. The van der Waals surface area contributed by atoms with Gasteiger partial charge in [0.25, 0.3) is 0 Å². The molecule has 0 saturated carbocycles. The Bertz CT molecular complexity index is 1130. The van der Waals surface area contributed by atoms with Crippen molar-refractivity contribution in [3.8, 4) is 5.75 Å². The number of piperazine rings is 1. The van der Waals surface area contributed by atoms with E-state index in [9.17, 15) is 0 Å². The van der Waals surface area contributed by atoms with Crippen LogP contribution in [0.3, 0.4) is 0 Å². The second-order valence-electron chi connectivity index (χ2n) is 9.97. The lowest BCUT2D eigenvalue weighted by molar-refractivity contribution is 0.121. The van der Waals surface area contributed by atoms with Gasteiger partial charge in [-0.15, -0.1) is 0 Å². The number of nitrogens with two attached hydrogens (primary N) is 1. The number of hydrogen-bond donors (Lipinski definition) is 1. The normalized spacial score (nSPS) is 17.8. The number of aromatic nitrogens is 3. The van der Waals surface area contributed by atoms with Crippen molar-refractivity contribution < 1.29 is 9.47 Å². The average Bonchev–Trinajstić information content (AvgIpc) is 3.65. The molecule has 0 spiro atoms. The summed E-state index contributed by atoms with van der Waals surface area (Å²) in [5.74, 6) is 1.70. The van der Waals surface area contributed by atoms with Crippen molar-refractivity contribution in [3.63, 3.8) is 0 Å². The number of hydrogen-bond acceptors (Lipinski definition) is 7. The third kappa shape index (κ3) is 11.0. The van der Waals surface area contributed by atoms with Crippen LogP contribution >= 0.6 is 0 Å². The van der Waals surface area contributed by atoms with Crippen molar-refractivity contribution >= 4 is 17.1 Å². The van der Waals surface area contributed by atoms with E-state index >= 15 is 0 Å². The Labute approximate surface area is 239 Å². The van der Waals surface area contributed by atoms with E-state index < -0.39 is 0 Å². The van der Waals surface area contributed by atoms with Gasteiger partial charge in [0.2, 0.25) is 0 Å². The highest BCUT2D eigenvalue weighted by Gasteiger charge is 2.18. The predicted molar refractivity (Wildman–Crippen MR) is 165 cm³/mol. The van der Waals surface area contributed by atoms with Crippen molar-refractivity contribution in [2.24, 2.45) is 13.0 Å². The van der Waals surface area contributed by atoms with Crippen molar-refractivity contribution in [2.45, 2.75) is 26.4 Å². The molecular weight excluding hydrogens is 500 g/mol. The molecule has 1 aromatic heterocycles. The molecule has 3 aromatic carbocycles. The van der Waals surface area contributed by atoms with Crippen molar-refractivity contribution in [2.75, 3.05) is 55.4 Å². The zero-order valence-electron chi connectivity index (χ0n) is 24.3. The Hall–Kier alpha value is -4.04. The number of methoxy groups -OCH3 is 1. The van der Waals surface area contributed by atoms with Crippen LogP contribution in [-0.2, 0) is 11.8 Å². The molecule has 2 aliphatic rings. The van der Waals surface area contributed by atoms with Gasteiger partial charge in [-0.3, -0.25) is 4.68 Å². The third-order valence-electron chi connectivity index (χ3n) is 6.58. The molecule has 2 fully saturated rings. The van der Waals surface area contributed by atoms with E-state index in [2.05, 4.69) is 58.0 Å². The van der Waals surface area contributed by atoms with E-state index in [1.807, 2.05) is 67.7 Å². The maximum atomic E-state index is 5.74. The van der Waals surface area contributed by atoms with E-state index in [0.717, 1.165) is 50.1 Å². The molecule has 0 radical (unpaired) electrons.